The van der Waals surface area contributed by atoms with Gasteiger partial charge in [0.1, 0.15) is 5.82 Å². The van der Waals surface area contributed by atoms with E-state index in [1.807, 2.05) is 6.07 Å². The summed E-state index contributed by atoms with van der Waals surface area (Å²) in [5, 5.41) is 0. The van der Waals surface area contributed by atoms with Crippen LogP contribution in [0.2, 0.25) is 0 Å². The highest BCUT2D eigenvalue weighted by Crippen LogP contribution is 2.43. The van der Waals surface area contributed by atoms with Crippen molar-refractivity contribution in [3.63, 3.8) is 0 Å². The first-order valence-corrected chi connectivity index (χ1v) is 6.13. The summed E-state index contributed by atoms with van der Waals surface area (Å²) in [4.78, 5) is 0. The lowest BCUT2D eigenvalue weighted by atomic mass is 9.79. The standard InChI is InChI=1S/C12H15BrFN/c13-11-7-9(14)3-4-10(11)12(8-15)5-1-2-6-12/h3-4,7H,1-2,5-6,8,15H2. The van der Waals surface area contributed by atoms with Crippen molar-refractivity contribution in [3.8, 4) is 0 Å². The van der Waals surface area contributed by atoms with E-state index in [9.17, 15) is 4.39 Å². The number of halogens is 2. The van der Waals surface area contributed by atoms with Crippen LogP contribution in [0, 0.1) is 5.82 Å². The van der Waals surface area contributed by atoms with Crippen molar-refractivity contribution < 1.29 is 4.39 Å². The van der Waals surface area contributed by atoms with Gasteiger partial charge in [-0.05, 0) is 30.5 Å². The highest BCUT2D eigenvalue weighted by Gasteiger charge is 2.35. The SMILES string of the molecule is NCC1(c2ccc(F)cc2Br)CCCC1. The molecule has 1 nitrogen and oxygen atoms in total. The van der Waals surface area contributed by atoms with Gasteiger partial charge in [-0.25, -0.2) is 4.39 Å². The third kappa shape index (κ3) is 1.95. The van der Waals surface area contributed by atoms with Crippen molar-refractivity contribution >= 4 is 15.9 Å². The molecule has 0 atom stereocenters. The summed E-state index contributed by atoms with van der Waals surface area (Å²) in [6.07, 6.45) is 4.68. The largest absolute Gasteiger partial charge is 0.330 e. The molecule has 2 N–H and O–H groups in total. The van der Waals surface area contributed by atoms with E-state index in [4.69, 9.17) is 5.73 Å². The Labute approximate surface area is 98.0 Å². The number of hydrogen-bond donors (Lipinski definition) is 1. The highest BCUT2D eigenvalue weighted by molar-refractivity contribution is 9.10. The highest BCUT2D eigenvalue weighted by atomic mass is 79.9. The molecule has 1 aliphatic carbocycles. The first kappa shape index (κ1) is 11.1. The Morgan fingerprint density at radius 2 is 2.00 bits per heavy atom. The maximum absolute atomic E-state index is 13.0. The molecule has 0 aliphatic heterocycles. The molecule has 0 amide bonds. The minimum Gasteiger partial charge on any atom is -0.330 e. The van der Waals surface area contributed by atoms with Gasteiger partial charge in [-0.15, -0.1) is 0 Å². The maximum Gasteiger partial charge on any atom is 0.124 e. The van der Waals surface area contributed by atoms with Gasteiger partial charge in [0.15, 0.2) is 0 Å². The van der Waals surface area contributed by atoms with Gasteiger partial charge in [0, 0.05) is 16.4 Å². The predicted octanol–water partition coefficient (Wildman–Crippen LogP) is 3.36. The van der Waals surface area contributed by atoms with Gasteiger partial charge in [0.05, 0.1) is 0 Å². The number of hydrogen-bond acceptors (Lipinski definition) is 1. The Bertz CT molecular complexity index is 359. The van der Waals surface area contributed by atoms with Crippen molar-refractivity contribution in [2.45, 2.75) is 31.1 Å². The van der Waals surface area contributed by atoms with Crippen LogP contribution < -0.4 is 5.73 Å². The van der Waals surface area contributed by atoms with Crippen LogP contribution in [0.15, 0.2) is 22.7 Å². The first-order valence-electron chi connectivity index (χ1n) is 5.33. The summed E-state index contributed by atoms with van der Waals surface area (Å²) >= 11 is 3.44. The third-order valence-electron chi connectivity index (χ3n) is 3.45. The summed E-state index contributed by atoms with van der Waals surface area (Å²) < 4.78 is 13.9. The Kier molecular flexibility index (Phi) is 3.12. The van der Waals surface area contributed by atoms with Crippen LogP contribution in [-0.4, -0.2) is 6.54 Å². The molecule has 2 rings (SSSR count). The molecule has 1 fully saturated rings. The first-order chi connectivity index (χ1) is 7.18. The minimum absolute atomic E-state index is 0.0759. The lowest BCUT2D eigenvalue weighted by molar-refractivity contribution is 0.450. The summed E-state index contributed by atoms with van der Waals surface area (Å²) in [6, 6.07) is 4.93. The monoisotopic (exact) mass is 271 g/mol. The molecule has 1 aliphatic rings. The predicted molar refractivity (Wildman–Crippen MR) is 63.3 cm³/mol. The Morgan fingerprint density at radius 3 is 2.53 bits per heavy atom. The molecule has 0 unspecified atom stereocenters. The third-order valence-corrected chi connectivity index (χ3v) is 4.11. The molecule has 0 saturated heterocycles. The lowest BCUT2D eigenvalue weighted by Crippen LogP contribution is -2.32. The zero-order valence-corrected chi connectivity index (χ0v) is 10.2. The molecule has 1 aromatic carbocycles. The maximum atomic E-state index is 13.0. The second kappa shape index (κ2) is 4.22. The molecule has 82 valence electrons. The molecule has 0 spiro atoms. The fourth-order valence-corrected chi connectivity index (χ4v) is 3.33. The molecule has 15 heavy (non-hydrogen) atoms. The Balaban J connectivity index is 2.42. The molecule has 0 bridgehead atoms. The van der Waals surface area contributed by atoms with E-state index in [1.165, 1.54) is 30.5 Å². The van der Waals surface area contributed by atoms with Crippen LogP contribution in [0.5, 0.6) is 0 Å². The smallest absolute Gasteiger partial charge is 0.124 e. The second-order valence-corrected chi connectivity index (χ2v) is 5.17. The van der Waals surface area contributed by atoms with E-state index in [0.717, 1.165) is 17.3 Å². The zero-order valence-electron chi connectivity index (χ0n) is 8.60. The van der Waals surface area contributed by atoms with Crippen LogP contribution in [0.3, 0.4) is 0 Å². The Hall–Kier alpha value is -0.410. The van der Waals surface area contributed by atoms with E-state index >= 15 is 0 Å². The molecule has 0 aromatic heterocycles. The van der Waals surface area contributed by atoms with Gasteiger partial charge < -0.3 is 5.73 Å². The van der Waals surface area contributed by atoms with Gasteiger partial charge in [-0.3, -0.25) is 0 Å². The van der Waals surface area contributed by atoms with Gasteiger partial charge in [0.25, 0.3) is 0 Å². The molecule has 3 heteroatoms. The normalized spacial score (nSPS) is 19.4. The number of nitrogens with two attached hydrogens (primary N) is 1. The van der Waals surface area contributed by atoms with Crippen LogP contribution in [-0.2, 0) is 5.41 Å². The fourth-order valence-electron chi connectivity index (χ4n) is 2.55. The molecule has 0 radical (unpaired) electrons. The molecule has 0 heterocycles. The summed E-state index contributed by atoms with van der Waals surface area (Å²) in [7, 11) is 0. The van der Waals surface area contributed by atoms with E-state index in [0.29, 0.717) is 6.54 Å². The van der Waals surface area contributed by atoms with E-state index < -0.39 is 0 Å². The van der Waals surface area contributed by atoms with Gasteiger partial charge in [-0.1, -0.05) is 34.8 Å². The average molecular weight is 272 g/mol. The van der Waals surface area contributed by atoms with Crippen molar-refractivity contribution in [1.82, 2.24) is 0 Å². The van der Waals surface area contributed by atoms with Crippen LogP contribution in [0.1, 0.15) is 31.2 Å². The number of rotatable bonds is 2. The van der Waals surface area contributed by atoms with Gasteiger partial charge >= 0.3 is 0 Å². The van der Waals surface area contributed by atoms with Crippen LogP contribution >= 0.6 is 15.9 Å². The van der Waals surface area contributed by atoms with Gasteiger partial charge in [-0.2, -0.15) is 0 Å². The van der Waals surface area contributed by atoms with Crippen molar-refractivity contribution in [3.05, 3.63) is 34.1 Å². The average Bonchev–Trinajstić information content (AvgIpc) is 2.67. The quantitative estimate of drug-likeness (QED) is 0.877. The lowest BCUT2D eigenvalue weighted by Gasteiger charge is -2.29. The summed E-state index contributed by atoms with van der Waals surface area (Å²) in [6.45, 7) is 0.650. The summed E-state index contributed by atoms with van der Waals surface area (Å²) in [5.41, 5.74) is 7.14. The van der Waals surface area contributed by atoms with E-state index in [2.05, 4.69) is 15.9 Å². The molecule has 1 aromatic rings. The van der Waals surface area contributed by atoms with Crippen LogP contribution in [0.25, 0.3) is 0 Å². The topological polar surface area (TPSA) is 26.0 Å². The van der Waals surface area contributed by atoms with E-state index in [1.54, 1.807) is 0 Å². The Morgan fingerprint density at radius 1 is 1.33 bits per heavy atom. The number of benzene rings is 1. The minimum atomic E-state index is -0.198. The van der Waals surface area contributed by atoms with Gasteiger partial charge in [0.2, 0.25) is 0 Å². The molecular weight excluding hydrogens is 257 g/mol. The fraction of sp³-hybridized carbons (Fsp3) is 0.500. The molecule has 1 saturated carbocycles. The zero-order chi connectivity index (χ0) is 10.9. The van der Waals surface area contributed by atoms with Crippen molar-refractivity contribution in [2.75, 3.05) is 6.54 Å². The molecular formula is C12H15BrFN. The van der Waals surface area contributed by atoms with Crippen LogP contribution in [0.4, 0.5) is 4.39 Å². The van der Waals surface area contributed by atoms with Crippen molar-refractivity contribution in [2.24, 2.45) is 5.73 Å². The van der Waals surface area contributed by atoms with Crippen molar-refractivity contribution in [1.29, 1.82) is 0 Å². The summed E-state index contributed by atoms with van der Waals surface area (Å²) in [5.74, 6) is -0.198. The second-order valence-electron chi connectivity index (χ2n) is 4.32. The van der Waals surface area contributed by atoms with E-state index in [-0.39, 0.29) is 11.2 Å².